The molecule has 7 nitrogen and oxygen atoms in total. The van der Waals surface area contributed by atoms with E-state index in [0.717, 1.165) is 0 Å². The molecule has 0 bridgehead atoms. The SMILES string of the molecule is Nc1cccc2c1OC[C@H](NC(=O)O)C(=O)N2. The number of fused-ring (bicyclic) bond motifs is 1. The fourth-order valence-electron chi connectivity index (χ4n) is 1.53. The van der Waals surface area contributed by atoms with Crippen molar-refractivity contribution in [1.82, 2.24) is 5.32 Å². The molecule has 2 amide bonds. The number of rotatable bonds is 1. The zero-order valence-electron chi connectivity index (χ0n) is 8.77. The zero-order valence-corrected chi connectivity index (χ0v) is 8.77. The molecule has 0 fully saturated rings. The minimum Gasteiger partial charge on any atom is -0.487 e. The van der Waals surface area contributed by atoms with E-state index in [1.807, 2.05) is 0 Å². The van der Waals surface area contributed by atoms with Gasteiger partial charge in [-0.25, -0.2) is 4.79 Å². The molecule has 1 aliphatic rings. The normalized spacial score (nSPS) is 18.4. The highest BCUT2D eigenvalue weighted by atomic mass is 16.5. The molecule has 2 rings (SSSR count). The largest absolute Gasteiger partial charge is 0.487 e. The van der Waals surface area contributed by atoms with Gasteiger partial charge in [0.1, 0.15) is 12.6 Å². The van der Waals surface area contributed by atoms with E-state index >= 15 is 0 Å². The molecule has 7 heteroatoms. The van der Waals surface area contributed by atoms with Gasteiger partial charge in [-0.15, -0.1) is 0 Å². The molecular formula is C10H11N3O4. The van der Waals surface area contributed by atoms with Crippen LogP contribution >= 0.6 is 0 Å². The summed E-state index contributed by atoms with van der Waals surface area (Å²) in [4.78, 5) is 22.2. The van der Waals surface area contributed by atoms with Gasteiger partial charge in [-0.05, 0) is 12.1 Å². The van der Waals surface area contributed by atoms with Crippen molar-refractivity contribution in [1.29, 1.82) is 0 Å². The van der Waals surface area contributed by atoms with E-state index in [0.29, 0.717) is 17.1 Å². The Labute approximate surface area is 96.6 Å². The van der Waals surface area contributed by atoms with Crippen molar-refractivity contribution >= 4 is 23.4 Å². The first-order chi connectivity index (χ1) is 8.08. The van der Waals surface area contributed by atoms with Crippen molar-refractivity contribution in [3.63, 3.8) is 0 Å². The number of nitrogen functional groups attached to an aromatic ring is 1. The molecule has 0 spiro atoms. The standard InChI is InChI=1S/C10H11N3O4/c11-5-2-1-3-6-8(5)17-4-7(9(14)12-6)13-10(15)16/h1-3,7,13H,4,11H2,(H,12,14)(H,15,16)/t7-/m0/s1. The number of nitrogens with one attached hydrogen (secondary N) is 2. The van der Waals surface area contributed by atoms with Crippen LogP contribution in [0, 0.1) is 0 Å². The second-order valence-corrected chi connectivity index (χ2v) is 3.53. The molecule has 0 saturated carbocycles. The lowest BCUT2D eigenvalue weighted by Crippen LogP contribution is -2.45. The Kier molecular flexibility index (Phi) is 2.73. The summed E-state index contributed by atoms with van der Waals surface area (Å²) in [7, 11) is 0. The quantitative estimate of drug-likeness (QED) is 0.522. The van der Waals surface area contributed by atoms with E-state index in [1.54, 1.807) is 18.2 Å². The molecule has 5 N–H and O–H groups in total. The van der Waals surface area contributed by atoms with Crippen LogP contribution in [-0.2, 0) is 4.79 Å². The summed E-state index contributed by atoms with van der Waals surface area (Å²) in [6.07, 6.45) is -1.28. The topological polar surface area (TPSA) is 114 Å². The molecule has 1 aromatic rings. The monoisotopic (exact) mass is 237 g/mol. The molecule has 1 heterocycles. The van der Waals surface area contributed by atoms with E-state index in [4.69, 9.17) is 15.6 Å². The lowest BCUT2D eigenvalue weighted by molar-refractivity contribution is -0.118. The predicted octanol–water partition coefficient (Wildman–Crippen LogP) is 0.236. The van der Waals surface area contributed by atoms with E-state index in [2.05, 4.69) is 10.6 Å². The van der Waals surface area contributed by atoms with Crippen LogP contribution in [0.15, 0.2) is 18.2 Å². The molecular weight excluding hydrogens is 226 g/mol. The smallest absolute Gasteiger partial charge is 0.405 e. The number of anilines is 2. The number of hydrogen-bond acceptors (Lipinski definition) is 4. The second kappa shape index (κ2) is 4.20. The average Bonchev–Trinajstić information content (AvgIpc) is 2.39. The number of carbonyl (C=O) groups excluding carboxylic acids is 1. The Morgan fingerprint density at radius 1 is 1.59 bits per heavy atom. The van der Waals surface area contributed by atoms with Crippen LogP contribution in [0.1, 0.15) is 0 Å². The number of amides is 2. The van der Waals surface area contributed by atoms with Gasteiger partial charge in [-0.3, -0.25) is 4.79 Å². The van der Waals surface area contributed by atoms with Gasteiger partial charge in [-0.2, -0.15) is 0 Å². The lowest BCUT2D eigenvalue weighted by Gasteiger charge is -2.11. The fourth-order valence-corrected chi connectivity index (χ4v) is 1.53. The number of para-hydroxylation sites is 1. The summed E-state index contributed by atoms with van der Waals surface area (Å²) < 4.78 is 5.33. The van der Waals surface area contributed by atoms with Crippen LogP contribution in [0.4, 0.5) is 16.2 Å². The van der Waals surface area contributed by atoms with Crippen LogP contribution in [0.25, 0.3) is 0 Å². The number of nitrogens with two attached hydrogens (primary N) is 1. The third kappa shape index (κ3) is 2.22. The molecule has 0 aromatic heterocycles. The molecule has 0 saturated heterocycles. The van der Waals surface area contributed by atoms with Gasteiger partial charge >= 0.3 is 6.09 Å². The van der Waals surface area contributed by atoms with Gasteiger partial charge in [0.15, 0.2) is 5.75 Å². The summed E-state index contributed by atoms with van der Waals surface area (Å²) in [5, 5.41) is 13.2. The Balaban J connectivity index is 2.25. The number of hydrogen-bond donors (Lipinski definition) is 4. The van der Waals surface area contributed by atoms with Crippen molar-refractivity contribution in [2.75, 3.05) is 17.7 Å². The van der Waals surface area contributed by atoms with Crippen molar-refractivity contribution in [3.8, 4) is 5.75 Å². The minimum atomic E-state index is -1.28. The molecule has 90 valence electrons. The third-order valence-electron chi connectivity index (χ3n) is 2.31. The number of carbonyl (C=O) groups is 2. The van der Waals surface area contributed by atoms with Crippen molar-refractivity contribution in [3.05, 3.63) is 18.2 Å². The van der Waals surface area contributed by atoms with Crippen molar-refractivity contribution < 1.29 is 19.4 Å². The van der Waals surface area contributed by atoms with Crippen LogP contribution in [0.3, 0.4) is 0 Å². The summed E-state index contributed by atoms with van der Waals surface area (Å²) in [5.41, 5.74) is 6.51. The second-order valence-electron chi connectivity index (χ2n) is 3.53. The molecule has 1 atom stereocenters. The number of carboxylic acid groups (broad SMARTS) is 1. The highest BCUT2D eigenvalue weighted by Gasteiger charge is 2.26. The van der Waals surface area contributed by atoms with E-state index in [1.165, 1.54) is 0 Å². The van der Waals surface area contributed by atoms with Crippen molar-refractivity contribution in [2.45, 2.75) is 6.04 Å². The van der Waals surface area contributed by atoms with E-state index in [-0.39, 0.29) is 6.61 Å². The van der Waals surface area contributed by atoms with E-state index < -0.39 is 18.0 Å². The van der Waals surface area contributed by atoms with Crippen LogP contribution in [-0.4, -0.2) is 29.8 Å². The summed E-state index contributed by atoms with van der Waals surface area (Å²) in [6.45, 7) is -0.0979. The Bertz CT molecular complexity index is 475. The Morgan fingerprint density at radius 2 is 2.35 bits per heavy atom. The average molecular weight is 237 g/mol. The first-order valence-corrected chi connectivity index (χ1v) is 4.89. The predicted molar refractivity (Wildman–Crippen MR) is 59.9 cm³/mol. The molecule has 0 radical (unpaired) electrons. The molecule has 1 aromatic carbocycles. The first-order valence-electron chi connectivity index (χ1n) is 4.89. The van der Waals surface area contributed by atoms with Gasteiger partial charge in [0.25, 0.3) is 5.91 Å². The third-order valence-corrected chi connectivity index (χ3v) is 2.31. The van der Waals surface area contributed by atoms with E-state index in [9.17, 15) is 9.59 Å². The lowest BCUT2D eigenvalue weighted by atomic mass is 10.2. The summed E-state index contributed by atoms with van der Waals surface area (Å²) in [6, 6.07) is 3.98. The Morgan fingerprint density at radius 3 is 3.06 bits per heavy atom. The molecule has 0 unspecified atom stereocenters. The Hall–Kier alpha value is -2.44. The fraction of sp³-hybridized carbons (Fsp3) is 0.200. The van der Waals surface area contributed by atoms with Gasteiger partial charge in [0, 0.05) is 0 Å². The maximum absolute atomic E-state index is 11.7. The molecule has 1 aliphatic heterocycles. The number of ether oxygens (including phenoxy) is 1. The molecule has 0 aliphatic carbocycles. The van der Waals surface area contributed by atoms with Crippen LogP contribution < -0.4 is 21.1 Å². The summed E-state index contributed by atoms with van der Waals surface area (Å²) >= 11 is 0. The van der Waals surface area contributed by atoms with Gasteiger partial charge in [0.2, 0.25) is 0 Å². The number of benzene rings is 1. The highest BCUT2D eigenvalue weighted by molar-refractivity contribution is 5.99. The van der Waals surface area contributed by atoms with Crippen molar-refractivity contribution in [2.24, 2.45) is 0 Å². The maximum Gasteiger partial charge on any atom is 0.405 e. The van der Waals surface area contributed by atoms with Gasteiger partial charge in [0.05, 0.1) is 11.4 Å². The summed E-state index contributed by atoms with van der Waals surface area (Å²) in [5.74, 6) is -0.118. The van der Waals surface area contributed by atoms with Crippen LogP contribution in [0.5, 0.6) is 5.75 Å². The van der Waals surface area contributed by atoms with Gasteiger partial charge < -0.3 is 26.2 Å². The maximum atomic E-state index is 11.7. The molecule has 17 heavy (non-hydrogen) atoms. The zero-order chi connectivity index (χ0) is 12.4. The highest BCUT2D eigenvalue weighted by Crippen LogP contribution is 2.32. The first kappa shape index (κ1) is 11.1. The minimum absolute atomic E-state index is 0.0979. The van der Waals surface area contributed by atoms with Crippen LogP contribution in [0.2, 0.25) is 0 Å². The van der Waals surface area contributed by atoms with Gasteiger partial charge in [-0.1, -0.05) is 6.07 Å².